The van der Waals surface area contributed by atoms with Crippen LogP contribution < -0.4 is 5.32 Å². The van der Waals surface area contributed by atoms with E-state index >= 15 is 0 Å². The van der Waals surface area contributed by atoms with Crippen molar-refractivity contribution in [3.63, 3.8) is 0 Å². The number of rotatable bonds is 4. The summed E-state index contributed by atoms with van der Waals surface area (Å²) in [6.07, 6.45) is 2.35. The third kappa shape index (κ3) is 3.98. The van der Waals surface area contributed by atoms with Crippen molar-refractivity contribution in [1.82, 2.24) is 10.2 Å². The van der Waals surface area contributed by atoms with Crippen LogP contribution >= 0.6 is 0 Å². The number of hydrogen-bond donors (Lipinski definition) is 1. The van der Waals surface area contributed by atoms with Gasteiger partial charge in [0.2, 0.25) is 5.91 Å². The van der Waals surface area contributed by atoms with Crippen molar-refractivity contribution in [2.24, 2.45) is 11.8 Å². The van der Waals surface area contributed by atoms with Gasteiger partial charge in [-0.25, -0.2) is 0 Å². The average Bonchev–Trinajstić information content (AvgIpc) is 2.25. The second-order valence-corrected chi connectivity index (χ2v) is 6.03. The van der Waals surface area contributed by atoms with Crippen LogP contribution in [0.1, 0.15) is 47.5 Å². The van der Waals surface area contributed by atoms with Crippen LogP contribution in [-0.4, -0.2) is 36.0 Å². The number of hydrogen-bond acceptors (Lipinski definition) is 2. The van der Waals surface area contributed by atoms with E-state index in [2.05, 4.69) is 39.9 Å². The summed E-state index contributed by atoms with van der Waals surface area (Å²) < 4.78 is 0. The Morgan fingerprint density at radius 2 is 2.00 bits per heavy atom. The first-order valence-corrected chi connectivity index (χ1v) is 6.97. The normalized spacial score (nSPS) is 25.4. The molecule has 1 amide bonds. The van der Waals surface area contributed by atoms with Gasteiger partial charge in [-0.3, -0.25) is 4.79 Å². The van der Waals surface area contributed by atoms with Crippen molar-refractivity contribution < 1.29 is 4.79 Å². The van der Waals surface area contributed by atoms with Crippen LogP contribution in [0.3, 0.4) is 0 Å². The van der Waals surface area contributed by atoms with Crippen molar-refractivity contribution in [3.05, 3.63) is 0 Å². The fourth-order valence-electron chi connectivity index (χ4n) is 2.51. The molecule has 1 heterocycles. The Morgan fingerprint density at radius 3 is 2.47 bits per heavy atom. The minimum atomic E-state index is 0.0323. The monoisotopic (exact) mass is 240 g/mol. The molecule has 0 aromatic heterocycles. The first-order valence-electron chi connectivity index (χ1n) is 6.97. The van der Waals surface area contributed by atoms with E-state index < -0.39 is 0 Å². The molecule has 100 valence electrons. The van der Waals surface area contributed by atoms with E-state index in [1.807, 2.05) is 4.90 Å². The third-order valence-electron chi connectivity index (χ3n) is 3.50. The molecule has 3 heteroatoms. The van der Waals surface area contributed by atoms with Crippen molar-refractivity contribution in [1.29, 1.82) is 0 Å². The van der Waals surface area contributed by atoms with Gasteiger partial charge in [0.15, 0.2) is 0 Å². The summed E-state index contributed by atoms with van der Waals surface area (Å²) in [5.41, 5.74) is 0. The Kier molecular flexibility index (Phi) is 5.44. The maximum Gasteiger partial charge on any atom is 0.240 e. The van der Waals surface area contributed by atoms with Crippen LogP contribution in [0.5, 0.6) is 0 Å². The number of carbonyl (C=O) groups is 1. The van der Waals surface area contributed by atoms with Crippen LogP contribution in [0.2, 0.25) is 0 Å². The summed E-state index contributed by atoms with van der Waals surface area (Å²) in [5, 5.41) is 3.39. The van der Waals surface area contributed by atoms with Crippen LogP contribution in [0.25, 0.3) is 0 Å². The second kappa shape index (κ2) is 6.39. The third-order valence-corrected chi connectivity index (χ3v) is 3.50. The SMILES string of the molecule is CC(C)CN(C(=O)C1NCCCC1C)C(C)C. The summed E-state index contributed by atoms with van der Waals surface area (Å²) in [5.74, 6) is 1.28. The summed E-state index contributed by atoms with van der Waals surface area (Å²) in [6.45, 7) is 12.6. The smallest absolute Gasteiger partial charge is 0.240 e. The zero-order chi connectivity index (χ0) is 13.0. The van der Waals surface area contributed by atoms with Crippen molar-refractivity contribution >= 4 is 5.91 Å². The van der Waals surface area contributed by atoms with Gasteiger partial charge >= 0.3 is 0 Å². The lowest BCUT2D eigenvalue weighted by molar-refractivity contribution is -0.137. The van der Waals surface area contributed by atoms with Gasteiger partial charge in [0.05, 0.1) is 6.04 Å². The van der Waals surface area contributed by atoms with E-state index in [-0.39, 0.29) is 6.04 Å². The molecule has 1 rings (SSSR count). The van der Waals surface area contributed by atoms with E-state index in [1.165, 1.54) is 6.42 Å². The van der Waals surface area contributed by atoms with Crippen LogP contribution in [0, 0.1) is 11.8 Å². The van der Waals surface area contributed by atoms with Gasteiger partial charge in [0.25, 0.3) is 0 Å². The lowest BCUT2D eigenvalue weighted by atomic mass is 9.91. The molecular formula is C14H28N2O. The lowest BCUT2D eigenvalue weighted by Crippen LogP contribution is -2.54. The molecule has 2 unspecified atom stereocenters. The summed E-state index contributed by atoms with van der Waals surface area (Å²) in [6, 6.07) is 0.325. The molecule has 0 bridgehead atoms. The average molecular weight is 240 g/mol. The Balaban J connectivity index is 2.69. The molecule has 1 N–H and O–H groups in total. The number of carbonyl (C=O) groups excluding carboxylic acids is 1. The highest BCUT2D eigenvalue weighted by atomic mass is 16.2. The maximum atomic E-state index is 12.5. The predicted octanol–water partition coefficient (Wildman–Crippen LogP) is 2.27. The number of nitrogens with zero attached hydrogens (tertiary/aromatic N) is 1. The van der Waals surface area contributed by atoms with Gasteiger partial charge in [-0.15, -0.1) is 0 Å². The molecule has 2 atom stereocenters. The molecule has 0 radical (unpaired) electrons. The van der Waals surface area contributed by atoms with Crippen molar-refractivity contribution in [3.8, 4) is 0 Å². The molecule has 0 aliphatic carbocycles. The van der Waals surface area contributed by atoms with Crippen molar-refractivity contribution in [2.75, 3.05) is 13.1 Å². The summed E-state index contributed by atoms with van der Waals surface area (Å²) in [4.78, 5) is 14.6. The quantitative estimate of drug-likeness (QED) is 0.817. The highest BCUT2D eigenvalue weighted by molar-refractivity contribution is 5.82. The fourth-order valence-corrected chi connectivity index (χ4v) is 2.51. The standard InChI is InChI=1S/C14H28N2O/c1-10(2)9-16(11(3)4)14(17)13-12(5)7-6-8-15-13/h10-13,15H,6-9H2,1-5H3. The van der Waals surface area contributed by atoms with Crippen LogP contribution in [-0.2, 0) is 4.79 Å². The topological polar surface area (TPSA) is 32.3 Å². The number of amides is 1. The van der Waals surface area contributed by atoms with Gasteiger partial charge in [0.1, 0.15) is 0 Å². The second-order valence-electron chi connectivity index (χ2n) is 6.03. The first-order chi connectivity index (χ1) is 7.93. The summed E-state index contributed by atoms with van der Waals surface area (Å²) >= 11 is 0. The zero-order valence-corrected chi connectivity index (χ0v) is 12.0. The van der Waals surface area contributed by atoms with Crippen LogP contribution in [0.4, 0.5) is 0 Å². The molecule has 1 aliphatic rings. The lowest BCUT2D eigenvalue weighted by Gasteiger charge is -2.36. The largest absolute Gasteiger partial charge is 0.339 e. The Labute approximate surface area is 106 Å². The molecule has 1 saturated heterocycles. The van der Waals surface area contributed by atoms with Gasteiger partial charge < -0.3 is 10.2 Å². The molecule has 0 aromatic rings. The number of nitrogens with one attached hydrogen (secondary N) is 1. The summed E-state index contributed by atoms with van der Waals surface area (Å²) in [7, 11) is 0. The van der Waals surface area contributed by atoms with Gasteiger partial charge in [-0.2, -0.15) is 0 Å². The molecule has 17 heavy (non-hydrogen) atoms. The Hall–Kier alpha value is -0.570. The fraction of sp³-hybridized carbons (Fsp3) is 0.929. The molecule has 1 aliphatic heterocycles. The minimum Gasteiger partial charge on any atom is -0.339 e. The van der Waals surface area contributed by atoms with E-state index in [9.17, 15) is 4.79 Å². The molecule has 1 fully saturated rings. The first kappa shape index (κ1) is 14.5. The highest BCUT2D eigenvalue weighted by Gasteiger charge is 2.32. The zero-order valence-electron chi connectivity index (χ0n) is 12.0. The predicted molar refractivity (Wildman–Crippen MR) is 71.9 cm³/mol. The number of piperidine rings is 1. The van der Waals surface area contributed by atoms with Gasteiger partial charge in [-0.1, -0.05) is 20.8 Å². The Bertz CT molecular complexity index is 251. The van der Waals surface area contributed by atoms with Crippen LogP contribution in [0.15, 0.2) is 0 Å². The van der Waals surface area contributed by atoms with E-state index in [0.717, 1.165) is 19.5 Å². The molecular weight excluding hydrogens is 212 g/mol. The van der Waals surface area contributed by atoms with Gasteiger partial charge in [-0.05, 0) is 45.1 Å². The van der Waals surface area contributed by atoms with Crippen molar-refractivity contribution in [2.45, 2.75) is 59.5 Å². The Morgan fingerprint density at radius 1 is 1.35 bits per heavy atom. The molecule has 0 saturated carbocycles. The highest BCUT2D eigenvalue weighted by Crippen LogP contribution is 2.19. The van der Waals surface area contributed by atoms with E-state index in [1.54, 1.807) is 0 Å². The molecule has 0 spiro atoms. The maximum absolute atomic E-state index is 12.5. The van der Waals surface area contributed by atoms with E-state index in [4.69, 9.17) is 0 Å². The van der Waals surface area contributed by atoms with Gasteiger partial charge in [0, 0.05) is 12.6 Å². The molecule has 0 aromatic carbocycles. The van der Waals surface area contributed by atoms with E-state index in [0.29, 0.717) is 23.8 Å². The minimum absolute atomic E-state index is 0.0323. The molecule has 3 nitrogen and oxygen atoms in total.